The number of piperidine rings is 1. The molecule has 1 N–H and O–H groups in total. The highest BCUT2D eigenvalue weighted by Crippen LogP contribution is 2.77. The monoisotopic (exact) mass is 458 g/mol. The van der Waals surface area contributed by atoms with Crippen molar-refractivity contribution in [3.63, 3.8) is 0 Å². The number of aromatic hydroxyl groups is 1. The topological polar surface area (TPSA) is 26.7 Å². The predicted molar refractivity (Wildman–Crippen MR) is 136 cm³/mol. The maximum absolute atomic E-state index is 10.7. The number of fused-ring (bicyclic) bond motifs is 1. The van der Waals surface area contributed by atoms with Crippen molar-refractivity contribution in [1.82, 2.24) is 9.80 Å². The minimum Gasteiger partial charge on any atom is -0.508 e. The summed E-state index contributed by atoms with van der Waals surface area (Å²) in [6, 6.07) is 7.84. The third-order valence-corrected chi connectivity index (χ3v) is 12.2. The molecule has 1 aromatic carbocycles. The first-order valence-electron chi connectivity index (χ1n) is 14.6. The van der Waals surface area contributed by atoms with Crippen molar-refractivity contribution in [3.8, 4) is 5.75 Å². The van der Waals surface area contributed by atoms with Crippen molar-refractivity contribution >= 4 is 0 Å². The molecular formula is C31H42N2O. The van der Waals surface area contributed by atoms with Gasteiger partial charge in [-0.15, -0.1) is 0 Å². The molecule has 0 aromatic heterocycles. The van der Waals surface area contributed by atoms with Crippen LogP contribution in [0.25, 0.3) is 0 Å². The molecule has 6 atom stereocenters. The molecule has 2 saturated heterocycles. The Bertz CT molecular complexity index is 1020. The van der Waals surface area contributed by atoms with Crippen LogP contribution in [-0.4, -0.2) is 46.6 Å². The lowest BCUT2D eigenvalue weighted by Crippen LogP contribution is -2.69. The Morgan fingerprint density at radius 1 is 0.971 bits per heavy atom. The first kappa shape index (κ1) is 20.7. The molecule has 3 heteroatoms. The molecule has 182 valence electrons. The fourth-order valence-corrected chi connectivity index (χ4v) is 10.8. The van der Waals surface area contributed by atoms with Crippen molar-refractivity contribution in [1.29, 1.82) is 0 Å². The fraction of sp³-hybridized carbons (Fsp3) is 0.742. The molecule has 0 amide bonds. The molecule has 5 aliphatic carbocycles. The zero-order valence-electron chi connectivity index (χ0n) is 20.9. The number of hydrogen-bond donors (Lipinski definition) is 1. The average molecular weight is 459 g/mol. The van der Waals surface area contributed by atoms with Gasteiger partial charge in [-0.05, 0) is 111 Å². The summed E-state index contributed by atoms with van der Waals surface area (Å²) in [5.41, 5.74) is 5.26. The Kier molecular flexibility index (Phi) is 4.29. The van der Waals surface area contributed by atoms with Crippen molar-refractivity contribution in [2.24, 2.45) is 29.1 Å². The molecule has 2 heterocycles. The molecule has 1 aromatic rings. The largest absolute Gasteiger partial charge is 0.508 e. The number of hydrogen-bond acceptors (Lipinski definition) is 3. The van der Waals surface area contributed by atoms with E-state index in [0.29, 0.717) is 35.1 Å². The molecule has 0 spiro atoms. The summed E-state index contributed by atoms with van der Waals surface area (Å²) >= 11 is 0. The van der Waals surface area contributed by atoms with Crippen LogP contribution in [0.3, 0.4) is 0 Å². The lowest BCUT2D eigenvalue weighted by molar-refractivity contribution is -0.104. The van der Waals surface area contributed by atoms with Crippen LogP contribution in [0.2, 0.25) is 0 Å². The first-order valence-corrected chi connectivity index (χ1v) is 14.6. The molecule has 4 saturated carbocycles. The molecule has 8 rings (SSSR count). The molecule has 5 unspecified atom stereocenters. The summed E-state index contributed by atoms with van der Waals surface area (Å²) < 4.78 is 0. The summed E-state index contributed by atoms with van der Waals surface area (Å²) in [5, 5.41) is 10.7. The Morgan fingerprint density at radius 2 is 1.79 bits per heavy atom. The maximum atomic E-state index is 10.7. The van der Waals surface area contributed by atoms with E-state index in [1.54, 1.807) is 11.1 Å². The second kappa shape index (κ2) is 7.05. The maximum Gasteiger partial charge on any atom is 0.115 e. The molecular weight excluding hydrogens is 416 g/mol. The van der Waals surface area contributed by atoms with E-state index in [0.717, 1.165) is 11.8 Å². The van der Waals surface area contributed by atoms with Gasteiger partial charge in [-0.3, -0.25) is 4.90 Å². The molecule has 3 nitrogen and oxygen atoms in total. The van der Waals surface area contributed by atoms with E-state index in [4.69, 9.17) is 6.58 Å². The van der Waals surface area contributed by atoms with Crippen molar-refractivity contribution in [2.45, 2.75) is 94.5 Å². The Morgan fingerprint density at radius 3 is 2.62 bits per heavy atom. The average Bonchev–Trinajstić information content (AvgIpc) is 3.59. The molecule has 4 bridgehead atoms. The second-order valence-electron chi connectivity index (χ2n) is 13.5. The minimum atomic E-state index is 0.252. The van der Waals surface area contributed by atoms with Crippen LogP contribution < -0.4 is 0 Å². The summed E-state index contributed by atoms with van der Waals surface area (Å²) in [4.78, 5) is 5.81. The third-order valence-electron chi connectivity index (χ3n) is 12.2. The van der Waals surface area contributed by atoms with Gasteiger partial charge in [0.15, 0.2) is 0 Å². The van der Waals surface area contributed by atoms with Crippen molar-refractivity contribution in [3.05, 3.63) is 41.6 Å². The summed E-state index contributed by atoms with van der Waals surface area (Å²) in [6.45, 7) is 8.71. The van der Waals surface area contributed by atoms with Crippen LogP contribution >= 0.6 is 0 Å². The van der Waals surface area contributed by atoms with Gasteiger partial charge in [0, 0.05) is 42.2 Å². The highest BCUT2D eigenvalue weighted by atomic mass is 16.3. The lowest BCUT2D eigenvalue weighted by Gasteiger charge is -2.66. The molecule has 34 heavy (non-hydrogen) atoms. The van der Waals surface area contributed by atoms with Gasteiger partial charge in [0.25, 0.3) is 0 Å². The summed E-state index contributed by atoms with van der Waals surface area (Å²) in [7, 11) is 0. The predicted octanol–water partition coefficient (Wildman–Crippen LogP) is 5.86. The van der Waals surface area contributed by atoms with E-state index in [9.17, 15) is 5.11 Å². The number of benzene rings is 1. The van der Waals surface area contributed by atoms with Gasteiger partial charge in [0.1, 0.15) is 5.75 Å². The molecule has 0 radical (unpaired) electrons. The van der Waals surface area contributed by atoms with Gasteiger partial charge in [-0.2, -0.15) is 0 Å². The van der Waals surface area contributed by atoms with E-state index in [1.165, 1.54) is 102 Å². The van der Waals surface area contributed by atoms with Crippen LogP contribution in [0.15, 0.2) is 30.5 Å². The first-order chi connectivity index (χ1) is 16.6. The van der Waals surface area contributed by atoms with Crippen molar-refractivity contribution < 1.29 is 5.11 Å². The standard InChI is InChI=1S/C31H42N2O/c1-20-25-17-30-12-11-27(33(20)19-21-5-3-2-4-6-21)29(25)31(30)13-14-32(18-22-7-8-22)28(30)15-23-9-10-24(34)16-26(23)31/h9-10,16,21-22,25,27-29,34H,1-8,11-15,17-19H2/t25-,27?,28?,29?,30?,31?/m1/s1. The van der Waals surface area contributed by atoms with E-state index in [-0.39, 0.29) is 5.41 Å². The number of likely N-dealkylation sites (tertiary alicyclic amines) is 2. The van der Waals surface area contributed by atoms with Gasteiger partial charge >= 0.3 is 0 Å². The van der Waals surface area contributed by atoms with Gasteiger partial charge in [-0.25, -0.2) is 0 Å². The number of phenols is 1. The lowest BCUT2D eigenvalue weighted by atomic mass is 9.43. The summed E-state index contributed by atoms with van der Waals surface area (Å²) in [6.07, 6.45) is 16.7. The number of allylic oxidation sites excluding steroid dienone is 1. The number of rotatable bonds is 4. The smallest absolute Gasteiger partial charge is 0.115 e. The Labute approximate surface area is 205 Å². The number of nitrogens with zero attached hydrogens (tertiary/aromatic N) is 2. The van der Waals surface area contributed by atoms with E-state index in [2.05, 4.69) is 21.9 Å². The van der Waals surface area contributed by atoms with Gasteiger partial charge in [0.05, 0.1) is 0 Å². The quantitative estimate of drug-likeness (QED) is 0.612. The molecule has 7 aliphatic rings. The Hall–Kier alpha value is -1.48. The highest BCUT2D eigenvalue weighted by molar-refractivity contribution is 5.52. The Balaban J connectivity index is 1.23. The van der Waals surface area contributed by atoms with Gasteiger partial charge < -0.3 is 10.0 Å². The van der Waals surface area contributed by atoms with Crippen LogP contribution in [-0.2, 0) is 11.8 Å². The van der Waals surface area contributed by atoms with Gasteiger partial charge in [-0.1, -0.05) is 31.9 Å². The van der Waals surface area contributed by atoms with Crippen LogP contribution in [0.5, 0.6) is 5.75 Å². The highest BCUT2D eigenvalue weighted by Gasteiger charge is 2.76. The summed E-state index contributed by atoms with van der Waals surface area (Å²) in [5.74, 6) is 3.70. The zero-order valence-corrected chi connectivity index (χ0v) is 20.9. The van der Waals surface area contributed by atoms with Crippen LogP contribution in [0.4, 0.5) is 0 Å². The SMILES string of the molecule is C=C1[C@H]2CC34CCC(C2C32CCN(CC3CC3)C4Cc3ccc(O)cc32)N1CC1CCCCC1. The van der Waals surface area contributed by atoms with Crippen LogP contribution in [0, 0.1) is 29.1 Å². The van der Waals surface area contributed by atoms with E-state index in [1.807, 2.05) is 6.07 Å². The second-order valence-corrected chi connectivity index (χ2v) is 13.5. The van der Waals surface area contributed by atoms with E-state index >= 15 is 0 Å². The van der Waals surface area contributed by atoms with E-state index < -0.39 is 0 Å². The van der Waals surface area contributed by atoms with Gasteiger partial charge in [0.2, 0.25) is 0 Å². The zero-order chi connectivity index (χ0) is 22.7. The van der Waals surface area contributed by atoms with Crippen LogP contribution in [0.1, 0.15) is 81.8 Å². The molecule has 2 aliphatic heterocycles. The molecule has 6 fully saturated rings. The third kappa shape index (κ3) is 2.53. The fourth-order valence-electron chi connectivity index (χ4n) is 10.8. The number of phenolic OH excluding ortho intramolecular Hbond substituents is 1. The normalized spacial score (nSPS) is 43.2. The van der Waals surface area contributed by atoms with Crippen molar-refractivity contribution in [2.75, 3.05) is 19.6 Å². The minimum absolute atomic E-state index is 0.252.